The number of rotatable bonds is 5. The zero-order chi connectivity index (χ0) is 15.2. The first-order valence-corrected chi connectivity index (χ1v) is 6.75. The molecular weight excluding hydrogens is 259 g/mol. The highest BCUT2D eigenvalue weighted by atomic mass is 19.1. The van der Waals surface area contributed by atoms with Crippen LogP contribution in [0.5, 0.6) is 0 Å². The molecule has 0 saturated carbocycles. The second-order valence-electron chi connectivity index (χ2n) is 5.62. The minimum Gasteiger partial charge on any atom is -0.444 e. The molecule has 0 fully saturated rings. The molecule has 0 atom stereocenters. The van der Waals surface area contributed by atoms with E-state index in [0.29, 0.717) is 18.7 Å². The van der Waals surface area contributed by atoms with Crippen LogP contribution in [0.3, 0.4) is 0 Å². The fourth-order valence-electron chi connectivity index (χ4n) is 1.62. The van der Waals surface area contributed by atoms with E-state index in [-0.39, 0.29) is 5.82 Å². The van der Waals surface area contributed by atoms with Gasteiger partial charge in [-0.15, -0.1) is 0 Å². The topological polar surface area (TPSA) is 50.4 Å². The van der Waals surface area contributed by atoms with Crippen LogP contribution in [-0.4, -0.2) is 24.8 Å². The monoisotopic (exact) mass is 282 g/mol. The second kappa shape index (κ2) is 7.12. The van der Waals surface area contributed by atoms with E-state index < -0.39 is 11.7 Å². The number of halogens is 1. The highest BCUT2D eigenvalue weighted by Gasteiger charge is 2.15. The maximum absolute atomic E-state index is 13.3. The van der Waals surface area contributed by atoms with Crippen molar-refractivity contribution in [2.75, 3.05) is 18.4 Å². The number of carbonyl (C=O) groups excluding carboxylic acids is 1. The zero-order valence-corrected chi connectivity index (χ0v) is 12.5. The van der Waals surface area contributed by atoms with Crippen molar-refractivity contribution in [2.24, 2.45) is 0 Å². The van der Waals surface area contributed by atoms with Gasteiger partial charge >= 0.3 is 6.09 Å². The fraction of sp³-hybridized carbons (Fsp3) is 0.533. The Morgan fingerprint density at radius 1 is 1.30 bits per heavy atom. The number of carbonyl (C=O) groups is 1. The number of hydrogen-bond donors (Lipinski definition) is 2. The van der Waals surface area contributed by atoms with Gasteiger partial charge in [0.2, 0.25) is 0 Å². The Kier molecular flexibility index (Phi) is 5.80. The van der Waals surface area contributed by atoms with Gasteiger partial charge in [0.15, 0.2) is 0 Å². The standard InChI is InChI=1S/C15H23FN2O2/c1-11-12(16)7-5-8-13(11)17-9-6-10-18-14(19)20-15(2,3)4/h5,7-8,17H,6,9-10H2,1-4H3,(H,18,19). The lowest BCUT2D eigenvalue weighted by Crippen LogP contribution is -2.33. The van der Waals surface area contributed by atoms with Crippen LogP contribution in [0.15, 0.2) is 18.2 Å². The number of alkyl carbamates (subject to hydrolysis) is 1. The molecule has 4 nitrogen and oxygen atoms in total. The van der Waals surface area contributed by atoms with E-state index in [0.717, 1.165) is 12.1 Å². The van der Waals surface area contributed by atoms with E-state index in [1.165, 1.54) is 6.07 Å². The van der Waals surface area contributed by atoms with E-state index in [9.17, 15) is 9.18 Å². The van der Waals surface area contributed by atoms with E-state index in [2.05, 4.69) is 10.6 Å². The summed E-state index contributed by atoms with van der Waals surface area (Å²) in [6, 6.07) is 4.94. The highest BCUT2D eigenvalue weighted by molar-refractivity contribution is 5.67. The average molecular weight is 282 g/mol. The Bertz CT molecular complexity index is 456. The summed E-state index contributed by atoms with van der Waals surface area (Å²) in [5, 5.41) is 5.82. The van der Waals surface area contributed by atoms with E-state index >= 15 is 0 Å². The summed E-state index contributed by atoms with van der Waals surface area (Å²) in [6.07, 6.45) is 0.314. The van der Waals surface area contributed by atoms with Gasteiger partial charge in [-0.1, -0.05) is 6.07 Å². The molecule has 0 bridgehead atoms. The van der Waals surface area contributed by atoms with Crippen molar-refractivity contribution in [2.45, 2.75) is 39.7 Å². The third-order valence-corrected chi connectivity index (χ3v) is 2.60. The first-order chi connectivity index (χ1) is 9.29. The minimum atomic E-state index is -0.485. The van der Waals surface area contributed by atoms with Crippen molar-refractivity contribution >= 4 is 11.8 Å². The Balaban J connectivity index is 2.23. The number of nitrogens with one attached hydrogen (secondary N) is 2. The molecule has 1 aromatic carbocycles. The maximum atomic E-state index is 13.3. The van der Waals surface area contributed by atoms with Gasteiger partial charge < -0.3 is 15.4 Å². The lowest BCUT2D eigenvalue weighted by molar-refractivity contribution is 0.0528. The summed E-state index contributed by atoms with van der Waals surface area (Å²) in [5.74, 6) is -0.220. The quantitative estimate of drug-likeness (QED) is 0.813. The lowest BCUT2D eigenvalue weighted by Gasteiger charge is -2.19. The van der Waals surface area contributed by atoms with Crippen LogP contribution in [0.4, 0.5) is 14.9 Å². The van der Waals surface area contributed by atoms with Gasteiger partial charge in [0, 0.05) is 24.3 Å². The molecule has 0 unspecified atom stereocenters. The molecule has 0 aliphatic heterocycles. The SMILES string of the molecule is Cc1c(F)cccc1NCCCNC(=O)OC(C)(C)C. The van der Waals surface area contributed by atoms with Crippen molar-refractivity contribution in [1.82, 2.24) is 5.32 Å². The van der Waals surface area contributed by atoms with Crippen LogP contribution in [-0.2, 0) is 4.74 Å². The van der Waals surface area contributed by atoms with Crippen LogP contribution in [0, 0.1) is 12.7 Å². The first kappa shape index (κ1) is 16.3. The molecule has 0 aromatic heterocycles. The van der Waals surface area contributed by atoms with Crippen LogP contribution in [0.1, 0.15) is 32.8 Å². The summed E-state index contributed by atoms with van der Waals surface area (Å²) in [4.78, 5) is 11.4. The molecule has 0 aliphatic rings. The number of benzene rings is 1. The molecule has 1 amide bonds. The first-order valence-electron chi connectivity index (χ1n) is 6.75. The number of ether oxygens (including phenoxy) is 1. The molecule has 0 saturated heterocycles. The van der Waals surface area contributed by atoms with Crippen LogP contribution >= 0.6 is 0 Å². The van der Waals surface area contributed by atoms with Gasteiger partial charge in [-0.25, -0.2) is 9.18 Å². The summed E-state index contributed by atoms with van der Waals surface area (Å²) >= 11 is 0. The Morgan fingerprint density at radius 3 is 2.65 bits per heavy atom. The molecule has 1 aromatic rings. The van der Waals surface area contributed by atoms with E-state index in [1.807, 2.05) is 26.8 Å². The Labute approximate surface area is 119 Å². The lowest BCUT2D eigenvalue weighted by atomic mass is 10.2. The van der Waals surface area contributed by atoms with Crippen molar-refractivity contribution < 1.29 is 13.9 Å². The van der Waals surface area contributed by atoms with Gasteiger partial charge in [-0.2, -0.15) is 0 Å². The Morgan fingerprint density at radius 2 is 2.00 bits per heavy atom. The second-order valence-corrected chi connectivity index (χ2v) is 5.62. The molecule has 0 spiro atoms. The van der Waals surface area contributed by atoms with Gasteiger partial charge in [0.1, 0.15) is 11.4 Å². The normalized spacial score (nSPS) is 11.1. The van der Waals surface area contributed by atoms with Gasteiger partial charge in [-0.05, 0) is 46.2 Å². The van der Waals surface area contributed by atoms with Crippen LogP contribution in [0.25, 0.3) is 0 Å². The highest BCUT2D eigenvalue weighted by Crippen LogP contribution is 2.16. The minimum absolute atomic E-state index is 0.220. The summed E-state index contributed by atoms with van der Waals surface area (Å²) in [6.45, 7) is 8.36. The average Bonchev–Trinajstić information content (AvgIpc) is 2.31. The molecule has 2 N–H and O–H groups in total. The van der Waals surface area contributed by atoms with E-state index in [1.54, 1.807) is 13.0 Å². The fourth-order valence-corrected chi connectivity index (χ4v) is 1.62. The van der Waals surface area contributed by atoms with E-state index in [4.69, 9.17) is 4.74 Å². The van der Waals surface area contributed by atoms with Gasteiger partial charge in [-0.3, -0.25) is 0 Å². The molecular formula is C15H23FN2O2. The summed E-state index contributed by atoms with van der Waals surface area (Å²) in [7, 11) is 0. The number of amides is 1. The third-order valence-electron chi connectivity index (χ3n) is 2.60. The number of anilines is 1. The maximum Gasteiger partial charge on any atom is 0.407 e. The third kappa shape index (κ3) is 5.91. The van der Waals surface area contributed by atoms with Gasteiger partial charge in [0.25, 0.3) is 0 Å². The predicted molar refractivity (Wildman–Crippen MR) is 78.5 cm³/mol. The predicted octanol–water partition coefficient (Wildman–Crippen LogP) is 3.46. The molecule has 112 valence electrons. The van der Waals surface area contributed by atoms with Gasteiger partial charge in [0.05, 0.1) is 0 Å². The Hall–Kier alpha value is -1.78. The zero-order valence-electron chi connectivity index (χ0n) is 12.5. The summed E-state index contributed by atoms with van der Waals surface area (Å²) < 4.78 is 18.4. The molecule has 0 heterocycles. The molecule has 20 heavy (non-hydrogen) atoms. The van der Waals surface area contributed by atoms with Crippen LogP contribution < -0.4 is 10.6 Å². The van der Waals surface area contributed by atoms with Crippen LogP contribution in [0.2, 0.25) is 0 Å². The molecule has 5 heteroatoms. The summed E-state index contributed by atoms with van der Waals surface area (Å²) in [5.41, 5.74) is 0.899. The smallest absolute Gasteiger partial charge is 0.407 e. The molecule has 1 rings (SSSR count). The molecule has 0 aliphatic carbocycles. The largest absolute Gasteiger partial charge is 0.444 e. The van der Waals surface area contributed by atoms with Crippen molar-refractivity contribution in [3.63, 3.8) is 0 Å². The van der Waals surface area contributed by atoms with Crippen molar-refractivity contribution in [1.29, 1.82) is 0 Å². The number of hydrogen-bond acceptors (Lipinski definition) is 3. The van der Waals surface area contributed by atoms with Crippen molar-refractivity contribution in [3.05, 3.63) is 29.6 Å². The van der Waals surface area contributed by atoms with Crippen molar-refractivity contribution in [3.8, 4) is 0 Å². The molecule has 0 radical (unpaired) electrons.